The molecule has 27 heavy (non-hydrogen) atoms. The first-order valence-corrected chi connectivity index (χ1v) is 9.36. The molecule has 1 N–H and O–H groups in total. The molecule has 0 aliphatic carbocycles. The van der Waals surface area contributed by atoms with Gasteiger partial charge in [0.2, 0.25) is 0 Å². The summed E-state index contributed by atoms with van der Waals surface area (Å²) in [6, 6.07) is 13.0. The van der Waals surface area contributed by atoms with E-state index < -0.39 is 0 Å². The van der Waals surface area contributed by atoms with Crippen LogP contribution in [-0.2, 0) is 11.3 Å². The topological polar surface area (TPSA) is 71.5 Å². The molecule has 1 saturated heterocycles. The summed E-state index contributed by atoms with van der Waals surface area (Å²) in [6.07, 6.45) is 3.58. The molecule has 2 heterocycles. The zero-order valence-corrected chi connectivity index (χ0v) is 15.6. The molecule has 1 unspecified atom stereocenters. The van der Waals surface area contributed by atoms with Crippen LogP contribution in [0.15, 0.2) is 48.7 Å². The average Bonchev–Trinajstić information content (AvgIpc) is 3.24. The molecule has 2 aromatic rings. The van der Waals surface area contributed by atoms with Crippen LogP contribution in [0.3, 0.4) is 0 Å². The number of aromatic nitrogens is 1. The average molecular weight is 367 g/mol. The minimum absolute atomic E-state index is 0.0818. The standard InChI is InChI=1S/C21H25N3O3/c1-2-24(15-16-7-4-3-5-8-16)21(26)19-13-17(10-11-22-19)20(25)23-14-18-9-6-12-27-18/h3-5,7-8,10-11,13,18H,2,6,9,12,14-15H2,1H3,(H,23,25). The van der Waals surface area contributed by atoms with Gasteiger partial charge in [0.25, 0.3) is 11.8 Å². The van der Waals surface area contributed by atoms with E-state index in [1.165, 1.54) is 6.20 Å². The fourth-order valence-corrected chi connectivity index (χ4v) is 3.10. The predicted octanol–water partition coefficient (Wildman–Crippen LogP) is 2.65. The highest BCUT2D eigenvalue weighted by Gasteiger charge is 2.19. The van der Waals surface area contributed by atoms with Gasteiger partial charge in [-0.25, -0.2) is 0 Å². The number of ether oxygens (including phenoxy) is 1. The van der Waals surface area contributed by atoms with Crippen molar-refractivity contribution in [2.45, 2.75) is 32.4 Å². The summed E-state index contributed by atoms with van der Waals surface area (Å²) in [5.41, 5.74) is 1.76. The minimum atomic E-state index is -0.215. The number of hydrogen-bond acceptors (Lipinski definition) is 4. The molecule has 1 aliphatic heterocycles. The quantitative estimate of drug-likeness (QED) is 0.817. The summed E-state index contributed by atoms with van der Waals surface area (Å²) in [6.45, 7) is 4.24. The van der Waals surface area contributed by atoms with Gasteiger partial charge < -0.3 is 15.0 Å². The van der Waals surface area contributed by atoms with Gasteiger partial charge in [-0.1, -0.05) is 30.3 Å². The van der Waals surface area contributed by atoms with Crippen molar-refractivity contribution in [1.29, 1.82) is 0 Å². The summed E-state index contributed by atoms with van der Waals surface area (Å²) in [4.78, 5) is 31.1. The van der Waals surface area contributed by atoms with Crippen LogP contribution in [0.4, 0.5) is 0 Å². The summed E-state index contributed by atoms with van der Waals surface area (Å²) in [5.74, 6) is -0.400. The van der Waals surface area contributed by atoms with Crippen molar-refractivity contribution in [3.8, 4) is 0 Å². The smallest absolute Gasteiger partial charge is 0.272 e. The van der Waals surface area contributed by atoms with Crippen molar-refractivity contribution in [2.24, 2.45) is 0 Å². The highest BCUT2D eigenvalue weighted by atomic mass is 16.5. The molecule has 6 nitrogen and oxygen atoms in total. The normalized spacial score (nSPS) is 16.1. The number of carbonyl (C=O) groups is 2. The second-order valence-corrected chi connectivity index (χ2v) is 6.58. The monoisotopic (exact) mass is 367 g/mol. The molecule has 142 valence electrons. The Kier molecular flexibility index (Phi) is 6.54. The SMILES string of the molecule is CCN(Cc1ccccc1)C(=O)c1cc(C(=O)NCC2CCCO2)ccn1. The van der Waals surface area contributed by atoms with Gasteiger partial charge in [0, 0.05) is 38.0 Å². The number of rotatable bonds is 7. The molecular formula is C21H25N3O3. The van der Waals surface area contributed by atoms with Crippen molar-refractivity contribution >= 4 is 11.8 Å². The molecule has 6 heteroatoms. The number of hydrogen-bond donors (Lipinski definition) is 1. The fourth-order valence-electron chi connectivity index (χ4n) is 3.10. The second-order valence-electron chi connectivity index (χ2n) is 6.58. The van der Waals surface area contributed by atoms with Gasteiger partial charge in [-0.15, -0.1) is 0 Å². The fraction of sp³-hybridized carbons (Fsp3) is 0.381. The number of nitrogens with zero attached hydrogens (tertiary/aromatic N) is 2. The number of benzene rings is 1. The van der Waals surface area contributed by atoms with Crippen molar-refractivity contribution in [3.63, 3.8) is 0 Å². The van der Waals surface area contributed by atoms with Crippen molar-refractivity contribution < 1.29 is 14.3 Å². The molecule has 1 aromatic carbocycles. The van der Waals surface area contributed by atoms with Crippen LogP contribution in [0.25, 0.3) is 0 Å². The van der Waals surface area contributed by atoms with Crippen LogP contribution in [0.2, 0.25) is 0 Å². The molecule has 3 rings (SSSR count). The summed E-state index contributed by atoms with van der Waals surface area (Å²) >= 11 is 0. The van der Waals surface area contributed by atoms with Gasteiger partial charge >= 0.3 is 0 Å². The van der Waals surface area contributed by atoms with E-state index in [2.05, 4.69) is 10.3 Å². The molecule has 0 saturated carbocycles. The molecule has 1 atom stereocenters. The largest absolute Gasteiger partial charge is 0.376 e. The van der Waals surface area contributed by atoms with Gasteiger partial charge in [-0.05, 0) is 37.5 Å². The van der Waals surface area contributed by atoms with Crippen LogP contribution in [0.5, 0.6) is 0 Å². The third-order valence-corrected chi connectivity index (χ3v) is 4.64. The van der Waals surface area contributed by atoms with Gasteiger partial charge in [0.15, 0.2) is 0 Å². The van der Waals surface area contributed by atoms with Crippen LogP contribution >= 0.6 is 0 Å². The second kappa shape index (κ2) is 9.28. The first kappa shape index (κ1) is 19.0. The van der Waals surface area contributed by atoms with Crippen LogP contribution in [-0.4, -0.2) is 47.5 Å². The van der Waals surface area contributed by atoms with E-state index in [0.717, 1.165) is 25.0 Å². The zero-order chi connectivity index (χ0) is 19.1. The van der Waals surface area contributed by atoms with Crippen LogP contribution in [0.1, 0.15) is 46.2 Å². The molecule has 0 spiro atoms. The summed E-state index contributed by atoms with van der Waals surface area (Å²) in [5, 5.41) is 2.87. The third kappa shape index (κ3) is 5.14. The maximum Gasteiger partial charge on any atom is 0.272 e. The maximum atomic E-state index is 12.8. The zero-order valence-electron chi connectivity index (χ0n) is 15.6. The van der Waals surface area contributed by atoms with E-state index in [9.17, 15) is 9.59 Å². The number of nitrogens with one attached hydrogen (secondary N) is 1. The lowest BCUT2D eigenvalue weighted by Gasteiger charge is -2.20. The number of amides is 2. The van der Waals surface area contributed by atoms with Gasteiger partial charge in [0.1, 0.15) is 5.69 Å². The van der Waals surface area contributed by atoms with E-state index >= 15 is 0 Å². The van der Waals surface area contributed by atoms with E-state index in [1.54, 1.807) is 17.0 Å². The van der Waals surface area contributed by atoms with Gasteiger partial charge in [-0.3, -0.25) is 14.6 Å². The summed E-state index contributed by atoms with van der Waals surface area (Å²) in [7, 11) is 0. The molecule has 1 aliphatic rings. The molecule has 1 aromatic heterocycles. The predicted molar refractivity (Wildman–Crippen MR) is 102 cm³/mol. The lowest BCUT2D eigenvalue weighted by molar-refractivity contribution is 0.0746. The van der Waals surface area contributed by atoms with E-state index in [-0.39, 0.29) is 23.6 Å². The van der Waals surface area contributed by atoms with Crippen LogP contribution in [0, 0.1) is 0 Å². The van der Waals surface area contributed by atoms with Gasteiger partial charge in [-0.2, -0.15) is 0 Å². The molecular weight excluding hydrogens is 342 g/mol. The lowest BCUT2D eigenvalue weighted by Crippen LogP contribution is -2.33. The number of pyridine rings is 1. The Bertz CT molecular complexity index is 773. The lowest BCUT2D eigenvalue weighted by atomic mass is 10.1. The van der Waals surface area contributed by atoms with E-state index in [1.807, 2.05) is 37.3 Å². The van der Waals surface area contributed by atoms with Crippen molar-refractivity contribution in [3.05, 3.63) is 65.5 Å². The van der Waals surface area contributed by atoms with E-state index in [0.29, 0.717) is 25.2 Å². The maximum absolute atomic E-state index is 12.8. The van der Waals surface area contributed by atoms with Crippen LogP contribution < -0.4 is 5.32 Å². The molecule has 0 bridgehead atoms. The van der Waals surface area contributed by atoms with Gasteiger partial charge in [0.05, 0.1) is 6.10 Å². The highest BCUT2D eigenvalue weighted by Crippen LogP contribution is 2.12. The Morgan fingerprint density at radius 3 is 2.78 bits per heavy atom. The summed E-state index contributed by atoms with van der Waals surface area (Å²) < 4.78 is 5.52. The Labute approximate surface area is 159 Å². The first-order valence-electron chi connectivity index (χ1n) is 9.36. The van der Waals surface area contributed by atoms with E-state index in [4.69, 9.17) is 4.74 Å². The Hall–Kier alpha value is -2.73. The Balaban J connectivity index is 1.65. The minimum Gasteiger partial charge on any atom is -0.376 e. The Morgan fingerprint density at radius 1 is 1.26 bits per heavy atom. The number of carbonyl (C=O) groups excluding carboxylic acids is 2. The first-order chi connectivity index (χ1) is 13.2. The Morgan fingerprint density at radius 2 is 2.07 bits per heavy atom. The van der Waals surface area contributed by atoms with Crippen molar-refractivity contribution in [2.75, 3.05) is 19.7 Å². The molecule has 2 amide bonds. The molecule has 0 radical (unpaired) electrons. The third-order valence-electron chi connectivity index (χ3n) is 4.64. The molecule has 1 fully saturated rings. The van der Waals surface area contributed by atoms with Crippen molar-refractivity contribution in [1.82, 2.24) is 15.2 Å². The highest BCUT2D eigenvalue weighted by molar-refractivity contribution is 5.98.